The van der Waals surface area contributed by atoms with E-state index in [1.165, 1.54) is 11.6 Å². The number of H-pyrrole nitrogens is 1. The van der Waals surface area contributed by atoms with Crippen LogP contribution < -0.4 is 10.3 Å². The van der Waals surface area contributed by atoms with E-state index in [1.54, 1.807) is 31.5 Å². The molecule has 0 unspecified atom stereocenters. The van der Waals surface area contributed by atoms with Crippen molar-refractivity contribution < 1.29 is 9.53 Å². The molecule has 0 fully saturated rings. The minimum Gasteiger partial charge on any atom is -0.407 e. The van der Waals surface area contributed by atoms with Gasteiger partial charge in [0.05, 0.1) is 17.9 Å². The van der Waals surface area contributed by atoms with E-state index in [-0.39, 0.29) is 17.0 Å². The first-order valence-electron chi connectivity index (χ1n) is 8.05. The number of benzene rings is 1. The number of esters is 1. The van der Waals surface area contributed by atoms with Crippen molar-refractivity contribution in [3.05, 3.63) is 76.3 Å². The molecule has 0 radical (unpaired) electrons. The Morgan fingerprint density at radius 3 is 2.62 bits per heavy atom. The van der Waals surface area contributed by atoms with Crippen LogP contribution >= 0.6 is 0 Å². The molecule has 132 valence electrons. The van der Waals surface area contributed by atoms with Crippen molar-refractivity contribution in [2.45, 2.75) is 20.4 Å². The van der Waals surface area contributed by atoms with Crippen LogP contribution in [-0.4, -0.2) is 26.4 Å². The van der Waals surface area contributed by atoms with Gasteiger partial charge in [0.15, 0.2) is 0 Å². The van der Waals surface area contributed by atoms with Gasteiger partial charge in [0, 0.05) is 19.3 Å². The normalized spacial score (nSPS) is 11.4. The molecule has 0 saturated heterocycles. The SMILES string of the molecule is CC(=O)Oc1[nH]n(-c2ccccc2)c(=O)c1C(C)=NCc1cccnc1. The molecule has 0 aliphatic heterocycles. The molecular weight excluding hydrogens is 332 g/mol. The van der Waals surface area contributed by atoms with Gasteiger partial charge < -0.3 is 4.74 Å². The maximum absolute atomic E-state index is 12.9. The highest BCUT2D eigenvalue weighted by Crippen LogP contribution is 2.16. The molecule has 1 aromatic carbocycles. The average Bonchev–Trinajstić information content (AvgIpc) is 2.97. The van der Waals surface area contributed by atoms with E-state index in [9.17, 15) is 9.59 Å². The molecule has 0 spiro atoms. The van der Waals surface area contributed by atoms with Crippen molar-refractivity contribution in [1.29, 1.82) is 0 Å². The molecule has 0 bridgehead atoms. The Kier molecular flexibility index (Phi) is 5.07. The second-order valence-corrected chi connectivity index (χ2v) is 5.65. The first kappa shape index (κ1) is 17.3. The van der Waals surface area contributed by atoms with Crippen molar-refractivity contribution >= 4 is 11.7 Å². The third-order valence-corrected chi connectivity index (χ3v) is 3.70. The summed E-state index contributed by atoms with van der Waals surface area (Å²) in [6.07, 6.45) is 3.40. The van der Waals surface area contributed by atoms with Gasteiger partial charge in [-0.25, -0.2) is 4.68 Å². The number of nitrogens with zero attached hydrogens (tertiary/aromatic N) is 3. The number of hydrogen-bond donors (Lipinski definition) is 1. The zero-order valence-corrected chi connectivity index (χ0v) is 14.5. The smallest absolute Gasteiger partial charge is 0.309 e. The quantitative estimate of drug-likeness (QED) is 0.565. The maximum atomic E-state index is 12.9. The predicted octanol–water partition coefficient (Wildman–Crippen LogP) is 2.50. The van der Waals surface area contributed by atoms with E-state index in [4.69, 9.17) is 4.74 Å². The predicted molar refractivity (Wildman–Crippen MR) is 97.9 cm³/mol. The molecule has 7 nitrogen and oxygen atoms in total. The lowest BCUT2D eigenvalue weighted by molar-refractivity contribution is -0.132. The van der Waals surface area contributed by atoms with Crippen LogP contribution in [0.4, 0.5) is 0 Å². The third-order valence-electron chi connectivity index (χ3n) is 3.70. The highest BCUT2D eigenvalue weighted by molar-refractivity contribution is 6.01. The molecule has 0 atom stereocenters. The van der Waals surface area contributed by atoms with Gasteiger partial charge in [0.1, 0.15) is 5.56 Å². The molecule has 1 N–H and O–H groups in total. The highest BCUT2D eigenvalue weighted by atomic mass is 16.5. The fraction of sp³-hybridized carbons (Fsp3) is 0.158. The van der Waals surface area contributed by atoms with Crippen molar-refractivity contribution in [2.75, 3.05) is 0 Å². The van der Waals surface area contributed by atoms with E-state index < -0.39 is 5.97 Å². The molecule has 0 aliphatic carbocycles. The van der Waals surface area contributed by atoms with Gasteiger partial charge in [-0.1, -0.05) is 24.3 Å². The second-order valence-electron chi connectivity index (χ2n) is 5.65. The lowest BCUT2D eigenvalue weighted by Crippen LogP contribution is -2.19. The molecule has 2 aromatic heterocycles. The lowest BCUT2D eigenvalue weighted by Gasteiger charge is -2.02. The number of hydrogen-bond acceptors (Lipinski definition) is 5. The van der Waals surface area contributed by atoms with E-state index in [1.807, 2.05) is 30.3 Å². The van der Waals surface area contributed by atoms with E-state index in [0.29, 0.717) is 17.9 Å². The molecule has 2 heterocycles. The zero-order chi connectivity index (χ0) is 18.5. The summed E-state index contributed by atoms with van der Waals surface area (Å²) >= 11 is 0. The summed E-state index contributed by atoms with van der Waals surface area (Å²) in [5.74, 6) is -0.438. The van der Waals surface area contributed by atoms with Gasteiger partial charge in [0.25, 0.3) is 5.56 Å². The van der Waals surface area contributed by atoms with Crippen LogP contribution in [0.2, 0.25) is 0 Å². The Labute approximate surface area is 150 Å². The molecule has 0 amide bonds. The van der Waals surface area contributed by atoms with E-state index in [2.05, 4.69) is 15.1 Å². The Morgan fingerprint density at radius 2 is 1.96 bits per heavy atom. The number of ether oxygens (including phenoxy) is 1. The van der Waals surface area contributed by atoms with Crippen LogP contribution in [0.15, 0.2) is 64.6 Å². The summed E-state index contributed by atoms with van der Waals surface area (Å²) in [5.41, 5.74) is 1.92. The standard InChI is InChI=1S/C19H18N4O3/c1-13(21-12-15-7-6-10-20-11-15)17-18(26-14(2)24)22-23(19(17)25)16-8-4-3-5-9-16/h3-11,22H,12H2,1-2H3. The van der Waals surface area contributed by atoms with Gasteiger partial charge in [0.2, 0.25) is 5.88 Å². The number of pyridine rings is 1. The number of aromatic nitrogens is 3. The number of aliphatic imine (C=N–C) groups is 1. The molecule has 7 heteroatoms. The molecule has 3 rings (SSSR count). The largest absolute Gasteiger partial charge is 0.407 e. The lowest BCUT2D eigenvalue weighted by atomic mass is 10.2. The highest BCUT2D eigenvalue weighted by Gasteiger charge is 2.20. The third kappa shape index (κ3) is 3.77. The van der Waals surface area contributed by atoms with Crippen LogP contribution in [0.25, 0.3) is 5.69 Å². The number of carbonyl (C=O) groups excluding carboxylic acids is 1. The summed E-state index contributed by atoms with van der Waals surface area (Å²) in [6.45, 7) is 3.36. The molecular formula is C19H18N4O3. The average molecular weight is 350 g/mol. The van der Waals surface area contributed by atoms with Crippen LogP contribution in [0, 0.1) is 0 Å². The van der Waals surface area contributed by atoms with E-state index >= 15 is 0 Å². The Morgan fingerprint density at radius 1 is 1.19 bits per heavy atom. The van der Waals surface area contributed by atoms with Crippen molar-refractivity contribution in [3.8, 4) is 11.6 Å². The van der Waals surface area contributed by atoms with Crippen molar-refractivity contribution in [2.24, 2.45) is 4.99 Å². The molecule has 26 heavy (non-hydrogen) atoms. The van der Waals surface area contributed by atoms with E-state index in [0.717, 1.165) is 5.56 Å². The number of aromatic amines is 1. The van der Waals surface area contributed by atoms with Crippen LogP contribution in [0.3, 0.4) is 0 Å². The number of nitrogens with one attached hydrogen (secondary N) is 1. The first-order valence-corrected chi connectivity index (χ1v) is 8.05. The number of carbonyl (C=O) groups is 1. The Bertz CT molecular complexity index is 989. The van der Waals surface area contributed by atoms with Gasteiger partial charge >= 0.3 is 5.97 Å². The fourth-order valence-electron chi connectivity index (χ4n) is 2.49. The minimum atomic E-state index is -0.521. The summed E-state index contributed by atoms with van der Waals surface area (Å²) < 4.78 is 6.52. The summed E-state index contributed by atoms with van der Waals surface area (Å²) in [6, 6.07) is 12.8. The molecule has 0 saturated carbocycles. The Hall–Kier alpha value is -3.48. The summed E-state index contributed by atoms with van der Waals surface area (Å²) in [4.78, 5) is 32.8. The first-order chi connectivity index (χ1) is 12.6. The number of para-hydroxylation sites is 1. The van der Waals surface area contributed by atoms with Gasteiger partial charge in [-0.3, -0.25) is 24.7 Å². The fourth-order valence-corrected chi connectivity index (χ4v) is 2.49. The monoisotopic (exact) mass is 350 g/mol. The van der Waals surface area contributed by atoms with Crippen molar-refractivity contribution in [3.63, 3.8) is 0 Å². The number of rotatable bonds is 5. The summed E-state index contributed by atoms with van der Waals surface area (Å²) in [7, 11) is 0. The zero-order valence-electron chi connectivity index (χ0n) is 14.5. The van der Waals surface area contributed by atoms with Crippen molar-refractivity contribution in [1.82, 2.24) is 14.8 Å². The van der Waals surface area contributed by atoms with Crippen LogP contribution in [-0.2, 0) is 11.3 Å². The topological polar surface area (TPSA) is 89.3 Å². The Balaban J connectivity index is 2.02. The van der Waals surface area contributed by atoms with Gasteiger partial charge in [-0.15, -0.1) is 0 Å². The van der Waals surface area contributed by atoms with Crippen LogP contribution in [0.5, 0.6) is 5.88 Å². The van der Waals surface area contributed by atoms with Gasteiger partial charge in [-0.05, 0) is 30.7 Å². The summed E-state index contributed by atoms with van der Waals surface area (Å²) in [5, 5.41) is 2.84. The minimum absolute atomic E-state index is 0.0822. The second kappa shape index (κ2) is 7.60. The van der Waals surface area contributed by atoms with Crippen LogP contribution in [0.1, 0.15) is 25.0 Å². The maximum Gasteiger partial charge on any atom is 0.309 e. The molecule has 0 aliphatic rings. The molecule has 3 aromatic rings. The van der Waals surface area contributed by atoms with Gasteiger partial charge in [-0.2, -0.15) is 0 Å².